The van der Waals surface area contributed by atoms with Crippen LogP contribution in [0.5, 0.6) is 0 Å². The van der Waals surface area contributed by atoms with Crippen molar-refractivity contribution in [3.63, 3.8) is 0 Å². The summed E-state index contributed by atoms with van der Waals surface area (Å²) in [5, 5.41) is 15.3. The first-order chi connectivity index (χ1) is 11.1. The Balaban J connectivity index is 1.65. The van der Waals surface area contributed by atoms with Gasteiger partial charge in [-0.1, -0.05) is 11.3 Å². The topological polar surface area (TPSA) is 49.8 Å². The minimum atomic E-state index is -0.317. The highest BCUT2D eigenvalue weighted by Crippen LogP contribution is 2.26. The first-order valence-electron chi connectivity index (χ1n) is 6.53. The summed E-state index contributed by atoms with van der Waals surface area (Å²) in [6.45, 7) is 0. The molecule has 0 saturated heterocycles. The van der Waals surface area contributed by atoms with Gasteiger partial charge in [0.15, 0.2) is 5.11 Å². The zero-order valence-corrected chi connectivity index (χ0v) is 13.2. The lowest BCUT2D eigenvalue weighted by atomic mass is 10.2. The van der Waals surface area contributed by atoms with Gasteiger partial charge >= 0.3 is 0 Å². The van der Waals surface area contributed by atoms with Gasteiger partial charge in [-0.15, -0.1) is 10.2 Å². The van der Waals surface area contributed by atoms with Gasteiger partial charge in [-0.25, -0.2) is 8.78 Å². The molecule has 0 unspecified atom stereocenters. The van der Waals surface area contributed by atoms with E-state index in [0.29, 0.717) is 20.9 Å². The summed E-state index contributed by atoms with van der Waals surface area (Å²) in [5.41, 5.74) is 1.43. The van der Waals surface area contributed by atoms with Crippen LogP contribution in [-0.4, -0.2) is 15.3 Å². The van der Waals surface area contributed by atoms with E-state index in [-0.39, 0.29) is 11.6 Å². The highest BCUT2D eigenvalue weighted by atomic mass is 32.1. The Morgan fingerprint density at radius 1 is 0.870 bits per heavy atom. The summed E-state index contributed by atoms with van der Waals surface area (Å²) in [6, 6.07) is 11.8. The summed E-state index contributed by atoms with van der Waals surface area (Å²) in [4.78, 5) is 0. The van der Waals surface area contributed by atoms with Crippen molar-refractivity contribution < 1.29 is 8.78 Å². The Labute approximate surface area is 140 Å². The van der Waals surface area contributed by atoms with Crippen LogP contribution in [0.3, 0.4) is 0 Å². The minimum absolute atomic E-state index is 0.304. The lowest BCUT2D eigenvalue weighted by molar-refractivity contribution is 0.627. The van der Waals surface area contributed by atoms with Gasteiger partial charge in [0.1, 0.15) is 16.6 Å². The highest BCUT2D eigenvalue weighted by Gasteiger charge is 2.08. The lowest BCUT2D eigenvalue weighted by Crippen LogP contribution is -2.18. The molecule has 0 aliphatic carbocycles. The van der Waals surface area contributed by atoms with E-state index in [1.807, 2.05) is 0 Å². The monoisotopic (exact) mass is 348 g/mol. The van der Waals surface area contributed by atoms with Crippen LogP contribution in [0.4, 0.5) is 19.6 Å². The summed E-state index contributed by atoms with van der Waals surface area (Å²) in [5.74, 6) is -0.621. The molecule has 0 bridgehead atoms. The molecule has 0 radical (unpaired) electrons. The van der Waals surface area contributed by atoms with Crippen molar-refractivity contribution in [2.45, 2.75) is 0 Å². The molecule has 23 heavy (non-hydrogen) atoms. The predicted octanol–water partition coefficient (Wildman–Crippen LogP) is 4.29. The zero-order chi connectivity index (χ0) is 16.2. The van der Waals surface area contributed by atoms with Gasteiger partial charge in [-0.2, -0.15) is 0 Å². The number of hydrogen-bond acceptors (Lipinski definition) is 4. The van der Waals surface area contributed by atoms with Crippen LogP contribution in [-0.2, 0) is 0 Å². The molecule has 0 fully saturated rings. The Morgan fingerprint density at radius 2 is 1.48 bits per heavy atom. The minimum Gasteiger partial charge on any atom is -0.332 e. The van der Waals surface area contributed by atoms with E-state index >= 15 is 0 Å². The molecule has 8 heteroatoms. The highest BCUT2D eigenvalue weighted by molar-refractivity contribution is 7.80. The molecule has 2 N–H and O–H groups in total. The van der Waals surface area contributed by atoms with Crippen LogP contribution in [0.1, 0.15) is 0 Å². The molecule has 0 amide bonds. The molecule has 1 aromatic heterocycles. The summed E-state index contributed by atoms with van der Waals surface area (Å²) >= 11 is 6.46. The fraction of sp³-hybridized carbons (Fsp3) is 0. The molecule has 0 aliphatic rings. The van der Waals surface area contributed by atoms with Crippen molar-refractivity contribution in [2.75, 3.05) is 10.6 Å². The van der Waals surface area contributed by atoms with Crippen LogP contribution in [0, 0.1) is 11.6 Å². The quantitative estimate of drug-likeness (QED) is 0.692. The average molecular weight is 348 g/mol. The van der Waals surface area contributed by atoms with Crippen molar-refractivity contribution in [1.29, 1.82) is 0 Å². The number of rotatable bonds is 3. The van der Waals surface area contributed by atoms with Gasteiger partial charge in [0, 0.05) is 11.3 Å². The maximum absolute atomic E-state index is 12.9. The molecule has 3 rings (SSSR count). The van der Waals surface area contributed by atoms with Crippen molar-refractivity contribution in [1.82, 2.24) is 10.2 Å². The molecule has 0 saturated carbocycles. The van der Waals surface area contributed by atoms with E-state index in [4.69, 9.17) is 12.2 Å². The lowest BCUT2D eigenvalue weighted by Gasteiger charge is -2.07. The fourth-order valence-electron chi connectivity index (χ4n) is 1.78. The molecule has 0 spiro atoms. The number of anilines is 2. The maximum Gasteiger partial charge on any atom is 0.212 e. The number of benzene rings is 2. The summed E-state index contributed by atoms with van der Waals surface area (Å²) < 4.78 is 25.8. The Bertz CT molecular complexity index is 816. The predicted molar refractivity (Wildman–Crippen MR) is 91.5 cm³/mol. The van der Waals surface area contributed by atoms with Gasteiger partial charge in [-0.3, -0.25) is 0 Å². The second-order valence-electron chi connectivity index (χ2n) is 4.51. The van der Waals surface area contributed by atoms with Crippen LogP contribution < -0.4 is 10.6 Å². The van der Waals surface area contributed by atoms with E-state index in [9.17, 15) is 8.78 Å². The van der Waals surface area contributed by atoms with Gasteiger partial charge < -0.3 is 10.6 Å². The molecule has 116 valence electrons. The number of aromatic nitrogens is 2. The molecular formula is C15H10F2N4S2. The molecule has 1 heterocycles. The van der Waals surface area contributed by atoms with Crippen LogP contribution >= 0.6 is 23.6 Å². The van der Waals surface area contributed by atoms with E-state index in [0.717, 1.165) is 5.56 Å². The van der Waals surface area contributed by atoms with Crippen molar-refractivity contribution >= 4 is 39.5 Å². The molecule has 0 atom stereocenters. The van der Waals surface area contributed by atoms with E-state index in [1.165, 1.54) is 35.6 Å². The van der Waals surface area contributed by atoms with Crippen molar-refractivity contribution in [2.24, 2.45) is 0 Å². The normalized spacial score (nSPS) is 10.3. The first kappa shape index (κ1) is 15.4. The SMILES string of the molecule is Fc1ccc(NC(=S)Nc2nnc(-c3ccc(F)cc3)s2)cc1. The van der Waals surface area contributed by atoms with E-state index in [1.54, 1.807) is 24.3 Å². The third-order valence-electron chi connectivity index (χ3n) is 2.84. The van der Waals surface area contributed by atoms with E-state index < -0.39 is 0 Å². The van der Waals surface area contributed by atoms with Crippen molar-refractivity contribution in [3.8, 4) is 10.6 Å². The van der Waals surface area contributed by atoms with Gasteiger partial charge in [0.25, 0.3) is 0 Å². The number of nitrogens with zero attached hydrogens (tertiary/aromatic N) is 2. The first-order valence-corrected chi connectivity index (χ1v) is 7.76. The molecule has 2 aromatic carbocycles. The zero-order valence-electron chi connectivity index (χ0n) is 11.6. The standard InChI is InChI=1S/C15H10F2N4S2/c16-10-3-1-9(2-4-10)13-20-21-15(23-13)19-14(22)18-12-7-5-11(17)6-8-12/h1-8H,(H2,18,19,21,22). The van der Waals surface area contributed by atoms with Gasteiger partial charge in [0.05, 0.1) is 0 Å². The van der Waals surface area contributed by atoms with Crippen LogP contribution in [0.15, 0.2) is 48.5 Å². The number of halogens is 2. The summed E-state index contributed by atoms with van der Waals surface area (Å²) in [7, 11) is 0. The third-order valence-corrected chi connectivity index (χ3v) is 3.93. The Hall–Kier alpha value is -2.45. The number of thiocarbonyl (C=S) groups is 1. The largest absolute Gasteiger partial charge is 0.332 e. The Morgan fingerprint density at radius 3 is 2.13 bits per heavy atom. The third kappa shape index (κ3) is 4.05. The Kier molecular flexibility index (Phi) is 4.54. The number of nitrogens with one attached hydrogen (secondary N) is 2. The molecule has 4 nitrogen and oxygen atoms in total. The summed E-state index contributed by atoms with van der Waals surface area (Å²) in [6.07, 6.45) is 0. The molecular weight excluding hydrogens is 338 g/mol. The van der Waals surface area contributed by atoms with Gasteiger partial charge in [-0.05, 0) is 60.7 Å². The van der Waals surface area contributed by atoms with Crippen LogP contribution in [0.2, 0.25) is 0 Å². The van der Waals surface area contributed by atoms with Crippen molar-refractivity contribution in [3.05, 3.63) is 60.2 Å². The molecule has 3 aromatic rings. The maximum atomic E-state index is 12.9. The smallest absolute Gasteiger partial charge is 0.212 e. The van der Waals surface area contributed by atoms with Gasteiger partial charge in [0.2, 0.25) is 5.13 Å². The van der Waals surface area contributed by atoms with Crippen LogP contribution in [0.25, 0.3) is 10.6 Å². The number of hydrogen-bond donors (Lipinski definition) is 2. The average Bonchev–Trinajstić information content (AvgIpc) is 2.98. The second-order valence-corrected chi connectivity index (χ2v) is 5.89. The van der Waals surface area contributed by atoms with E-state index in [2.05, 4.69) is 20.8 Å². The second kappa shape index (κ2) is 6.76. The fourth-order valence-corrected chi connectivity index (χ4v) is 2.81. The molecule has 0 aliphatic heterocycles.